The summed E-state index contributed by atoms with van der Waals surface area (Å²) in [5, 5.41) is 3.85. The first-order valence-corrected chi connectivity index (χ1v) is 6.89. The van der Waals surface area contributed by atoms with E-state index in [1.165, 1.54) is 11.3 Å². The SMILES string of the molecule is Cc1cnc(NC(=O)C(C)Oc2cccc(Cl)c2)s1. The van der Waals surface area contributed by atoms with E-state index in [2.05, 4.69) is 10.3 Å². The molecule has 0 saturated carbocycles. The molecule has 0 aliphatic rings. The number of benzene rings is 1. The summed E-state index contributed by atoms with van der Waals surface area (Å²) >= 11 is 7.27. The van der Waals surface area contributed by atoms with Gasteiger partial charge >= 0.3 is 0 Å². The maximum absolute atomic E-state index is 11.9. The molecular weight excluding hydrogens is 284 g/mol. The van der Waals surface area contributed by atoms with Crippen LogP contribution in [0.2, 0.25) is 5.02 Å². The van der Waals surface area contributed by atoms with Crippen LogP contribution in [-0.4, -0.2) is 17.0 Å². The van der Waals surface area contributed by atoms with E-state index in [4.69, 9.17) is 16.3 Å². The first-order chi connectivity index (χ1) is 9.04. The zero-order chi connectivity index (χ0) is 13.8. The average molecular weight is 297 g/mol. The van der Waals surface area contributed by atoms with Crippen LogP contribution in [0.3, 0.4) is 0 Å². The molecule has 1 N–H and O–H groups in total. The van der Waals surface area contributed by atoms with Crippen LogP contribution in [0.15, 0.2) is 30.5 Å². The molecule has 19 heavy (non-hydrogen) atoms. The molecule has 100 valence electrons. The summed E-state index contributed by atoms with van der Waals surface area (Å²) in [5.41, 5.74) is 0. The molecule has 0 fully saturated rings. The Balaban J connectivity index is 1.96. The van der Waals surface area contributed by atoms with Crippen LogP contribution < -0.4 is 10.1 Å². The monoisotopic (exact) mass is 296 g/mol. The van der Waals surface area contributed by atoms with Crippen LogP contribution in [0, 0.1) is 6.92 Å². The summed E-state index contributed by atoms with van der Waals surface area (Å²) in [6.45, 7) is 3.61. The van der Waals surface area contributed by atoms with Gasteiger partial charge in [-0.15, -0.1) is 11.3 Å². The Hall–Kier alpha value is -1.59. The second-order valence-electron chi connectivity index (χ2n) is 3.98. The third-order valence-electron chi connectivity index (χ3n) is 2.33. The lowest BCUT2D eigenvalue weighted by atomic mass is 10.3. The van der Waals surface area contributed by atoms with Crippen molar-refractivity contribution >= 4 is 34.0 Å². The summed E-state index contributed by atoms with van der Waals surface area (Å²) in [4.78, 5) is 17.0. The number of ether oxygens (including phenoxy) is 1. The predicted molar refractivity (Wildman–Crippen MR) is 77.0 cm³/mol. The zero-order valence-electron chi connectivity index (χ0n) is 10.5. The van der Waals surface area contributed by atoms with Crippen molar-refractivity contribution in [2.45, 2.75) is 20.0 Å². The van der Waals surface area contributed by atoms with Gasteiger partial charge in [-0.2, -0.15) is 0 Å². The van der Waals surface area contributed by atoms with Crippen LogP contribution in [0.25, 0.3) is 0 Å². The fourth-order valence-corrected chi connectivity index (χ4v) is 2.27. The van der Waals surface area contributed by atoms with Crippen molar-refractivity contribution in [3.05, 3.63) is 40.4 Å². The van der Waals surface area contributed by atoms with E-state index in [-0.39, 0.29) is 5.91 Å². The van der Waals surface area contributed by atoms with E-state index >= 15 is 0 Å². The summed E-state index contributed by atoms with van der Waals surface area (Å²) in [6.07, 6.45) is 1.09. The predicted octanol–water partition coefficient (Wildman–Crippen LogP) is 3.51. The molecule has 0 aliphatic carbocycles. The van der Waals surface area contributed by atoms with E-state index in [0.717, 1.165) is 4.88 Å². The summed E-state index contributed by atoms with van der Waals surface area (Å²) < 4.78 is 5.52. The van der Waals surface area contributed by atoms with Crippen molar-refractivity contribution < 1.29 is 9.53 Å². The van der Waals surface area contributed by atoms with E-state index in [0.29, 0.717) is 15.9 Å². The Labute approximate surface area is 120 Å². The lowest BCUT2D eigenvalue weighted by Gasteiger charge is -2.13. The molecule has 1 unspecified atom stereocenters. The van der Waals surface area contributed by atoms with Crippen LogP contribution in [0.1, 0.15) is 11.8 Å². The summed E-state index contributed by atoms with van der Waals surface area (Å²) in [6, 6.07) is 6.94. The van der Waals surface area contributed by atoms with Gasteiger partial charge in [0, 0.05) is 16.1 Å². The second kappa shape index (κ2) is 6.04. The topological polar surface area (TPSA) is 51.2 Å². The van der Waals surface area contributed by atoms with E-state index in [1.54, 1.807) is 37.4 Å². The van der Waals surface area contributed by atoms with Gasteiger partial charge in [0.2, 0.25) is 0 Å². The highest BCUT2D eigenvalue weighted by molar-refractivity contribution is 7.15. The fourth-order valence-electron chi connectivity index (χ4n) is 1.42. The van der Waals surface area contributed by atoms with Gasteiger partial charge in [-0.05, 0) is 32.0 Å². The zero-order valence-corrected chi connectivity index (χ0v) is 12.1. The van der Waals surface area contributed by atoms with Crippen LogP contribution >= 0.6 is 22.9 Å². The number of nitrogens with zero attached hydrogens (tertiary/aromatic N) is 1. The maximum atomic E-state index is 11.9. The molecule has 0 spiro atoms. The quantitative estimate of drug-likeness (QED) is 0.939. The van der Waals surface area contributed by atoms with Crippen molar-refractivity contribution in [1.82, 2.24) is 4.98 Å². The molecule has 2 rings (SSSR count). The number of nitrogens with one attached hydrogen (secondary N) is 1. The number of carbonyl (C=O) groups excluding carboxylic acids is 1. The normalized spacial score (nSPS) is 11.9. The highest BCUT2D eigenvalue weighted by Gasteiger charge is 2.16. The third kappa shape index (κ3) is 3.94. The third-order valence-corrected chi connectivity index (χ3v) is 3.39. The average Bonchev–Trinajstić information content (AvgIpc) is 2.74. The summed E-state index contributed by atoms with van der Waals surface area (Å²) in [5.74, 6) is 0.319. The molecule has 0 radical (unpaired) electrons. The number of amides is 1. The number of anilines is 1. The molecule has 1 aromatic heterocycles. The first kappa shape index (κ1) is 13.8. The molecule has 6 heteroatoms. The first-order valence-electron chi connectivity index (χ1n) is 5.70. The minimum Gasteiger partial charge on any atom is -0.481 e. The maximum Gasteiger partial charge on any atom is 0.266 e. The van der Waals surface area contributed by atoms with Crippen molar-refractivity contribution in [3.63, 3.8) is 0 Å². The number of thiazole rings is 1. The van der Waals surface area contributed by atoms with Gasteiger partial charge in [0.25, 0.3) is 5.91 Å². The minimum atomic E-state index is -0.623. The lowest BCUT2D eigenvalue weighted by molar-refractivity contribution is -0.122. The molecule has 0 aliphatic heterocycles. The van der Waals surface area contributed by atoms with E-state index in [9.17, 15) is 4.79 Å². The van der Waals surface area contributed by atoms with Crippen LogP contribution in [0.4, 0.5) is 5.13 Å². The minimum absolute atomic E-state index is 0.241. The molecule has 1 atom stereocenters. The number of hydrogen-bond donors (Lipinski definition) is 1. The Morgan fingerprint density at radius 2 is 2.32 bits per heavy atom. The molecule has 0 saturated heterocycles. The second-order valence-corrected chi connectivity index (χ2v) is 5.65. The molecule has 1 amide bonds. The van der Waals surface area contributed by atoms with Gasteiger partial charge in [0.1, 0.15) is 5.75 Å². The Morgan fingerprint density at radius 3 is 2.95 bits per heavy atom. The van der Waals surface area contributed by atoms with Gasteiger partial charge in [-0.3, -0.25) is 10.1 Å². The van der Waals surface area contributed by atoms with Gasteiger partial charge in [0.15, 0.2) is 11.2 Å². The van der Waals surface area contributed by atoms with Gasteiger partial charge in [-0.25, -0.2) is 4.98 Å². The lowest BCUT2D eigenvalue weighted by Crippen LogP contribution is -2.30. The van der Waals surface area contributed by atoms with Gasteiger partial charge in [-0.1, -0.05) is 17.7 Å². The molecule has 4 nitrogen and oxygen atoms in total. The number of hydrogen-bond acceptors (Lipinski definition) is 4. The van der Waals surface area contributed by atoms with Crippen LogP contribution in [0.5, 0.6) is 5.75 Å². The van der Waals surface area contributed by atoms with Crippen LogP contribution in [-0.2, 0) is 4.79 Å². The number of halogens is 1. The highest BCUT2D eigenvalue weighted by atomic mass is 35.5. The number of rotatable bonds is 4. The largest absolute Gasteiger partial charge is 0.481 e. The molecule has 1 heterocycles. The Kier molecular flexibility index (Phi) is 4.39. The van der Waals surface area contributed by atoms with Crippen molar-refractivity contribution in [1.29, 1.82) is 0 Å². The van der Waals surface area contributed by atoms with Crippen molar-refractivity contribution in [3.8, 4) is 5.75 Å². The van der Waals surface area contributed by atoms with Gasteiger partial charge < -0.3 is 4.74 Å². The molecule has 0 bridgehead atoms. The van der Waals surface area contributed by atoms with Crippen molar-refractivity contribution in [2.75, 3.05) is 5.32 Å². The van der Waals surface area contributed by atoms with E-state index < -0.39 is 6.10 Å². The highest BCUT2D eigenvalue weighted by Crippen LogP contribution is 2.20. The van der Waals surface area contributed by atoms with Gasteiger partial charge in [0.05, 0.1) is 0 Å². The smallest absolute Gasteiger partial charge is 0.266 e. The standard InChI is InChI=1S/C13H13ClN2O2S/c1-8-7-15-13(19-8)16-12(17)9(2)18-11-5-3-4-10(14)6-11/h3-7,9H,1-2H3,(H,15,16,17). The fraction of sp³-hybridized carbons (Fsp3) is 0.231. The molecule has 1 aromatic carbocycles. The number of carbonyl (C=O) groups is 1. The Bertz CT molecular complexity index is 586. The van der Waals surface area contributed by atoms with Crippen molar-refractivity contribution in [2.24, 2.45) is 0 Å². The number of aromatic nitrogens is 1. The molecule has 2 aromatic rings. The summed E-state index contributed by atoms with van der Waals surface area (Å²) in [7, 11) is 0. The number of aryl methyl sites for hydroxylation is 1. The Morgan fingerprint density at radius 1 is 1.53 bits per heavy atom. The molecular formula is C13H13ClN2O2S. The van der Waals surface area contributed by atoms with E-state index in [1.807, 2.05) is 6.92 Å².